The minimum Gasteiger partial charge on any atom is -0.492 e. The van der Waals surface area contributed by atoms with Crippen LogP contribution in [0.25, 0.3) is 0 Å². The van der Waals surface area contributed by atoms with E-state index in [9.17, 15) is 0 Å². The second-order valence-electron chi connectivity index (χ2n) is 4.57. The summed E-state index contributed by atoms with van der Waals surface area (Å²) in [6, 6.07) is 9.09. The van der Waals surface area contributed by atoms with Gasteiger partial charge in [-0.3, -0.25) is 4.68 Å². The zero-order valence-corrected chi connectivity index (χ0v) is 12.3. The fraction of sp³-hybridized carbons (Fsp3) is 0.214. The highest BCUT2D eigenvalue weighted by molar-refractivity contribution is 5.93. The van der Waals surface area contributed by atoms with Gasteiger partial charge in [-0.15, -0.1) is 0 Å². The van der Waals surface area contributed by atoms with Crippen molar-refractivity contribution in [3.05, 3.63) is 42.2 Å². The Hall–Kier alpha value is -3.03. The third-order valence-electron chi connectivity index (χ3n) is 2.69. The van der Waals surface area contributed by atoms with Crippen LogP contribution >= 0.6 is 0 Å². The van der Waals surface area contributed by atoms with Crippen LogP contribution < -0.4 is 21.9 Å². The van der Waals surface area contributed by atoms with E-state index in [2.05, 4.69) is 15.1 Å². The number of hydrogen-bond acceptors (Lipinski definition) is 3. The fourth-order valence-electron chi connectivity index (χ4n) is 1.75. The maximum absolute atomic E-state index is 5.64. The molecule has 0 spiro atoms. The molecule has 22 heavy (non-hydrogen) atoms. The molecule has 0 radical (unpaired) electrons. The summed E-state index contributed by atoms with van der Waals surface area (Å²) < 4.78 is 7.47. The molecule has 0 aliphatic carbocycles. The zero-order valence-electron chi connectivity index (χ0n) is 12.3. The van der Waals surface area contributed by atoms with Crippen LogP contribution in [0.5, 0.6) is 5.75 Å². The number of nitrogens with two attached hydrogens (primary N) is 3. The van der Waals surface area contributed by atoms with Gasteiger partial charge in [-0.05, 0) is 37.3 Å². The van der Waals surface area contributed by atoms with Crippen LogP contribution in [0.2, 0.25) is 0 Å². The van der Waals surface area contributed by atoms with E-state index in [1.165, 1.54) is 0 Å². The summed E-state index contributed by atoms with van der Waals surface area (Å²) in [7, 11) is 0. The molecule has 2 aromatic rings. The van der Waals surface area contributed by atoms with Crippen molar-refractivity contribution in [1.29, 1.82) is 0 Å². The molecule has 0 aliphatic rings. The Kier molecular flexibility index (Phi) is 4.97. The van der Waals surface area contributed by atoms with Gasteiger partial charge in [0.05, 0.1) is 17.9 Å². The topological polar surface area (TPSA) is 130 Å². The van der Waals surface area contributed by atoms with Crippen molar-refractivity contribution in [2.75, 3.05) is 6.61 Å². The van der Waals surface area contributed by atoms with E-state index >= 15 is 0 Å². The van der Waals surface area contributed by atoms with Gasteiger partial charge in [0.2, 0.25) is 5.96 Å². The number of aryl methyl sites for hydroxylation is 1. The lowest BCUT2D eigenvalue weighted by Gasteiger charge is -2.06. The Bertz CT molecular complexity index is 669. The first kappa shape index (κ1) is 15.4. The molecule has 0 unspecified atom stereocenters. The standard InChI is InChI=1S/C14H19N7O/c1-10-6-7-21(20-10)8-9-22-12-4-2-11(3-5-12)18-14(17)19-13(15)16/h2-7H,8-9H2,1H3,(H6,15,16,17,18,19). The molecule has 116 valence electrons. The Morgan fingerprint density at radius 1 is 1.18 bits per heavy atom. The van der Waals surface area contributed by atoms with Gasteiger partial charge in [-0.25, -0.2) is 4.99 Å². The van der Waals surface area contributed by atoms with E-state index in [-0.39, 0.29) is 11.9 Å². The zero-order chi connectivity index (χ0) is 15.9. The lowest BCUT2D eigenvalue weighted by Crippen LogP contribution is -2.26. The van der Waals surface area contributed by atoms with Crippen molar-refractivity contribution in [3.8, 4) is 5.75 Å². The number of aliphatic imine (C=N–C) groups is 2. The normalized spacial score (nSPS) is 11.2. The molecule has 0 fully saturated rings. The number of hydrogen-bond donors (Lipinski definition) is 3. The molecule has 1 aromatic carbocycles. The van der Waals surface area contributed by atoms with E-state index in [0.717, 1.165) is 11.4 Å². The van der Waals surface area contributed by atoms with Gasteiger partial charge >= 0.3 is 0 Å². The number of rotatable bonds is 5. The lowest BCUT2D eigenvalue weighted by molar-refractivity contribution is 0.291. The average Bonchev–Trinajstić information content (AvgIpc) is 2.85. The van der Waals surface area contributed by atoms with Crippen LogP contribution in [0.3, 0.4) is 0 Å². The second-order valence-corrected chi connectivity index (χ2v) is 4.57. The third-order valence-corrected chi connectivity index (χ3v) is 2.69. The molecule has 0 amide bonds. The SMILES string of the molecule is Cc1ccn(CCOc2ccc(N=C(N)N=C(N)N)cc2)n1. The first-order valence-corrected chi connectivity index (χ1v) is 6.69. The third kappa shape index (κ3) is 4.82. The summed E-state index contributed by atoms with van der Waals surface area (Å²) in [6.45, 7) is 3.16. The predicted octanol–water partition coefficient (Wildman–Crippen LogP) is 0.490. The minimum absolute atomic E-state index is 0.00252. The van der Waals surface area contributed by atoms with E-state index in [4.69, 9.17) is 21.9 Å². The molecule has 8 heteroatoms. The Balaban J connectivity index is 1.88. The van der Waals surface area contributed by atoms with Crippen LogP contribution in [-0.4, -0.2) is 28.3 Å². The fourth-order valence-corrected chi connectivity index (χ4v) is 1.75. The van der Waals surface area contributed by atoms with Crippen LogP contribution in [0.15, 0.2) is 46.5 Å². The lowest BCUT2D eigenvalue weighted by atomic mass is 10.3. The summed E-state index contributed by atoms with van der Waals surface area (Å²) in [5, 5.41) is 4.28. The molecule has 0 bridgehead atoms. The average molecular weight is 301 g/mol. The van der Waals surface area contributed by atoms with Gasteiger partial charge in [-0.2, -0.15) is 10.1 Å². The van der Waals surface area contributed by atoms with E-state index in [1.54, 1.807) is 24.3 Å². The smallest absolute Gasteiger partial charge is 0.223 e. The highest BCUT2D eigenvalue weighted by Gasteiger charge is 1.98. The summed E-state index contributed by atoms with van der Waals surface area (Å²) in [4.78, 5) is 7.69. The van der Waals surface area contributed by atoms with Crippen LogP contribution in [0.1, 0.15) is 5.69 Å². The predicted molar refractivity (Wildman–Crippen MR) is 86.0 cm³/mol. The van der Waals surface area contributed by atoms with Gasteiger partial charge < -0.3 is 21.9 Å². The van der Waals surface area contributed by atoms with Crippen LogP contribution in [0, 0.1) is 6.92 Å². The summed E-state index contributed by atoms with van der Waals surface area (Å²) in [5.74, 6) is 0.612. The first-order chi connectivity index (χ1) is 10.5. The highest BCUT2D eigenvalue weighted by atomic mass is 16.5. The van der Waals surface area contributed by atoms with Crippen molar-refractivity contribution in [3.63, 3.8) is 0 Å². The van der Waals surface area contributed by atoms with Gasteiger partial charge in [0.25, 0.3) is 0 Å². The van der Waals surface area contributed by atoms with Crippen LogP contribution in [-0.2, 0) is 6.54 Å². The van der Waals surface area contributed by atoms with Crippen molar-refractivity contribution in [2.24, 2.45) is 27.2 Å². The molecular weight excluding hydrogens is 282 g/mol. The molecule has 0 atom stereocenters. The molecule has 0 aliphatic heterocycles. The van der Waals surface area contributed by atoms with Crippen LogP contribution in [0.4, 0.5) is 5.69 Å². The van der Waals surface area contributed by atoms with Crippen molar-refractivity contribution in [2.45, 2.75) is 13.5 Å². The first-order valence-electron chi connectivity index (χ1n) is 6.69. The van der Waals surface area contributed by atoms with Gasteiger partial charge in [0, 0.05) is 6.20 Å². The quantitative estimate of drug-likeness (QED) is 0.546. The molecule has 2 rings (SSSR count). The van der Waals surface area contributed by atoms with E-state index in [0.29, 0.717) is 18.8 Å². The Morgan fingerprint density at radius 3 is 2.50 bits per heavy atom. The molecular formula is C14H19N7O. The number of aromatic nitrogens is 2. The largest absolute Gasteiger partial charge is 0.492 e. The van der Waals surface area contributed by atoms with Crippen molar-refractivity contribution < 1.29 is 4.74 Å². The Labute approximate surface area is 128 Å². The molecule has 0 saturated heterocycles. The maximum atomic E-state index is 5.64. The van der Waals surface area contributed by atoms with E-state index < -0.39 is 0 Å². The molecule has 6 N–H and O–H groups in total. The summed E-state index contributed by atoms with van der Waals surface area (Å²) in [6.07, 6.45) is 1.92. The molecule has 0 saturated carbocycles. The summed E-state index contributed by atoms with van der Waals surface area (Å²) in [5.41, 5.74) is 17.6. The van der Waals surface area contributed by atoms with Gasteiger partial charge in [-0.1, -0.05) is 0 Å². The number of nitrogens with zero attached hydrogens (tertiary/aromatic N) is 4. The highest BCUT2D eigenvalue weighted by Crippen LogP contribution is 2.18. The maximum Gasteiger partial charge on any atom is 0.223 e. The number of guanidine groups is 2. The second kappa shape index (κ2) is 7.11. The van der Waals surface area contributed by atoms with Crippen molar-refractivity contribution >= 4 is 17.6 Å². The Morgan fingerprint density at radius 2 is 1.91 bits per heavy atom. The van der Waals surface area contributed by atoms with Crippen molar-refractivity contribution in [1.82, 2.24) is 9.78 Å². The molecule has 1 aromatic heterocycles. The van der Waals surface area contributed by atoms with Gasteiger partial charge in [0.1, 0.15) is 12.4 Å². The number of ether oxygens (including phenoxy) is 1. The summed E-state index contributed by atoms with van der Waals surface area (Å²) >= 11 is 0. The monoisotopic (exact) mass is 301 g/mol. The number of benzene rings is 1. The van der Waals surface area contributed by atoms with E-state index in [1.807, 2.05) is 23.9 Å². The van der Waals surface area contributed by atoms with Gasteiger partial charge in [0.15, 0.2) is 5.96 Å². The minimum atomic E-state index is -0.130. The molecule has 8 nitrogen and oxygen atoms in total. The molecule has 1 heterocycles.